The number of nitrogens with zero attached hydrogens (tertiary/aromatic N) is 1. The van der Waals surface area contributed by atoms with Crippen LogP contribution in [0.1, 0.15) is 0 Å². The van der Waals surface area contributed by atoms with Gasteiger partial charge in [0, 0.05) is 0 Å². The average molecular weight is 290 g/mol. The smallest absolute Gasteiger partial charge is 0.313 e. The lowest BCUT2D eigenvalue weighted by Gasteiger charge is -2.16. The molecule has 0 unspecified atom stereocenters. The monoisotopic (exact) mass is 290 g/mol. The van der Waals surface area contributed by atoms with Crippen molar-refractivity contribution in [3.8, 4) is 0 Å². The van der Waals surface area contributed by atoms with Gasteiger partial charge in [-0.2, -0.15) is 8.42 Å². The average Bonchev–Trinajstić information content (AvgIpc) is 2.27. The Hall–Kier alpha value is -1.61. The predicted molar refractivity (Wildman–Crippen MR) is 64.7 cm³/mol. The molecule has 0 fully saturated rings. The van der Waals surface area contributed by atoms with Crippen LogP contribution in [0.15, 0.2) is 27.5 Å². The zero-order chi connectivity index (χ0) is 13.3. The Labute approximate surface area is 106 Å². The molecule has 1 aliphatic rings. The highest BCUT2D eigenvalue weighted by Crippen LogP contribution is 2.29. The van der Waals surface area contributed by atoms with Crippen LogP contribution in [-0.4, -0.2) is 30.4 Å². The number of carboxylic acid groups (broad SMARTS) is 1. The van der Waals surface area contributed by atoms with Crippen molar-refractivity contribution in [1.29, 1.82) is 0 Å². The van der Waals surface area contributed by atoms with Gasteiger partial charge in [-0.05, 0) is 18.2 Å². The molecule has 9 heteroatoms. The first kappa shape index (κ1) is 12.8. The summed E-state index contributed by atoms with van der Waals surface area (Å²) in [5, 5.41) is 11.1. The summed E-state index contributed by atoms with van der Waals surface area (Å²) in [5.74, 6) is -2.10. The molecule has 1 heterocycles. The molecule has 0 atom stereocenters. The third kappa shape index (κ3) is 2.62. The fourth-order valence-corrected chi connectivity index (χ4v) is 3.27. The molecule has 96 valence electrons. The van der Waals surface area contributed by atoms with Crippen molar-refractivity contribution in [3.05, 3.63) is 24.0 Å². The largest absolute Gasteiger partial charge is 0.481 e. The molecule has 1 aromatic carbocycles. The molecule has 2 rings (SSSR count). The minimum absolute atomic E-state index is 0.0449. The maximum Gasteiger partial charge on any atom is 0.313 e. The molecule has 0 aliphatic carbocycles. The highest BCUT2D eigenvalue weighted by atomic mass is 32.2. The van der Waals surface area contributed by atoms with Gasteiger partial charge in [-0.1, -0.05) is 11.8 Å². The van der Waals surface area contributed by atoms with Gasteiger partial charge in [0.15, 0.2) is 5.17 Å². The van der Waals surface area contributed by atoms with Crippen LogP contribution in [0.2, 0.25) is 0 Å². The number of hydrogen-bond donors (Lipinski definition) is 2. The summed E-state index contributed by atoms with van der Waals surface area (Å²) in [4.78, 5) is 10.1. The number of benzene rings is 1. The van der Waals surface area contributed by atoms with E-state index in [0.29, 0.717) is 0 Å². The number of sulfonamides is 1. The van der Waals surface area contributed by atoms with E-state index in [9.17, 15) is 17.6 Å². The minimum atomic E-state index is -3.99. The van der Waals surface area contributed by atoms with Crippen molar-refractivity contribution in [3.63, 3.8) is 0 Å². The second-order valence-corrected chi connectivity index (χ2v) is 5.86. The molecule has 1 aliphatic heterocycles. The van der Waals surface area contributed by atoms with E-state index in [4.69, 9.17) is 5.11 Å². The lowest BCUT2D eigenvalue weighted by atomic mass is 10.3. The van der Waals surface area contributed by atoms with Gasteiger partial charge in [0.2, 0.25) is 0 Å². The van der Waals surface area contributed by atoms with Crippen LogP contribution in [-0.2, 0) is 14.8 Å². The number of aliphatic carboxylic acids is 1. The number of carbonyl (C=O) groups is 1. The number of hydrogen-bond acceptors (Lipinski definition) is 5. The fourth-order valence-electron chi connectivity index (χ4n) is 1.30. The number of amidine groups is 1. The van der Waals surface area contributed by atoms with Crippen LogP contribution in [0.3, 0.4) is 0 Å². The van der Waals surface area contributed by atoms with Crippen LogP contribution in [0, 0.1) is 5.82 Å². The number of thioether (sulfide) groups is 1. The molecule has 0 bridgehead atoms. The van der Waals surface area contributed by atoms with E-state index in [1.807, 2.05) is 0 Å². The zero-order valence-electron chi connectivity index (χ0n) is 8.75. The van der Waals surface area contributed by atoms with Crippen molar-refractivity contribution in [1.82, 2.24) is 0 Å². The molecular weight excluding hydrogens is 283 g/mol. The van der Waals surface area contributed by atoms with Crippen molar-refractivity contribution < 1.29 is 22.7 Å². The molecule has 1 aromatic rings. The number of anilines is 1. The minimum Gasteiger partial charge on any atom is -0.481 e. The van der Waals surface area contributed by atoms with Crippen LogP contribution < -0.4 is 5.32 Å². The number of rotatable bonds is 2. The Kier molecular flexibility index (Phi) is 3.26. The summed E-state index contributed by atoms with van der Waals surface area (Å²) in [6, 6.07) is 3.23. The van der Waals surface area contributed by atoms with E-state index in [1.54, 1.807) is 0 Å². The van der Waals surface area contributed by atoms with E-state index >= 15 is 0 Å². The van der Waals surface area contributed by atoms with E-state index in [-0.39, 0.29) is 21.5 Å². The SMILES string of the molecule is O=C(O)CSC1=NS(=O)(=O)c2cc(F)ccc2N1. The Morgan fingerprint density at radius 1 is 1.50 bits per heavy atom. The normalized spacial score (nSPS) is 16.4. The lowest BCUT2D eigenvalue weighted by Crippen LogP contribution is -2.20. The second-order valence-electron chi connectivity index (χ2n) is 3.32. The molecule has 0 spiro atoms. The third-order valence-electron chi connectivity index (χ3n) is 2.00. The number of carboxylic acids is 1. The summed E-state index contributed by atoms with van der Waals surface area (Å²) < 4.78 is 39.8. The number of fused-ring (bicyclic) bond motifs is 1. The molecule has 6 nitrogen and oxygen atoms in total. The first-order chi connectivity index (χ1) is 8.38. The maximum atomic E-state index is 13.0. The first-order valence-corrected chi connectivity index (χ1v) is 7.07. The van der Waals surface area contributed by atoms with Crippen LogP contribution in [0.5, 0.6) is 0 Å². The zero-order valence-corrected chi connectivity index (χ0v) is 10.4. The number of nitrogens with one attached hydrogen (secondary N) is 1. The molecule has 0 radical (unpaired) electrons. The maximum absolute atomic E-state index is 13.0. The Morgan fingerprint density at radius 3 is 2.89 bits per heavy atom. The van der Waals surface area contributed by atoms with E-state index in [0.717, 1.165) is 23.9 Å². The van der Waals surface area contributed by atoms with Crippen molar-refractivity contribution in [2.45, 2.75) is 4.90 Å². The Balaban J connectivity index is 2.36. The summed E-state index contributed by atoms with van der Waals surface area (Å²) >= 11 is 0.742. The van der Waals surface area contributed by atoms with Crippen molar-refractivity contribution in [2.75, 3.05) is 11.1 Å². The van der Waals surface area contributed by atoms with Crippen LogP contribution >= 0.6 is 11.8 Å². The molecule has 0 saturated heterocycles. The van der Waals surface area contributed by atoms with Gasteiger partial charge in [-0.3, -0.25) is 4.79 Å². The molecule has 0 saturated carbocycles. The van der Waals surface area contributed by atoms with E-state index in [1.165, 1.54) is 6.07 Å². The van der Waals surface area contributed by atoms with Gasteiger partial charge in [0.1, 0.15) is 10.7 Å². The highest BCUT2D eigenvalue weighted by molar-refractivity contribution is 8.15. The lowest BCUT2D eigenvalue weighted by molar-refractivity contribution is -0.133. The van der Waals surface area contributed by atoms with Crippen LogP contribution in [0.25, 0.3) is 0 Å². The van der Waals surface area contributed by atoms with Gasteiger partial charge in [-0.15, -0.1) is 4.40 Å². The summed E-state index contributed by atoms with van der Waals surface area (Å²) in [5.41, 5.74) is 0.180. The molecule has 0 aromatic heterocycles. The van der Waals surface area contributed by atoms with E-state index in [2.05, 4.69) is 9.71 Å². The summed E-state index contributed by atoms with van der Waals surface area (Å²) in [6.07, 6.45) is 0. The summed E-state index contributed by atoms with van der Waals surface area (Å²) in [6.45, 7) is 0. The van der Waals surface area contributed by atoms with Gasteiger partial charge >= 0.3 is 5.97 Å². The standard InChI is InChI=1S/C9H7FN2O4S2/c10-5-1-2-6-7(3-5)18(15,16)12-9(11-6)17-4-8(13)14/h1-3H,4H2,(H,11,12)(H,13,14). The molecule has 0 amide bonds. The number of halogens is 1. The fraction of sp³-hybridized carbons (Fsp3) is 0.111. The molecule has 18 heavy (non-hydrogen) atoms. The molecular formula is C9H7FN2O4S2. The Bertz CT molecular complexity index is 642. The van der Waals surface area contributed by atoms with Crippen molar-refractivity contribution in [2.24, 2.45) is 4.40 Å². The van der Waals surface area contributed by atoms with Gasteiger partial charge < -0.3 is 10.4 Å². The topological polar surface area (TPSA) is 95.8 Å². The highest BCUT2D eigenvalue weighted by Gasteiger charge is 2.25. The van der Waals surface area contributed by atoms with Crippen molar-refractivity contribution >= 4 is 38.6 Å². The quantitative estimate of drug-likeness (QED) is 0.847. The van der Waals surface area contributed by atoms with Crippen LogP contribution in [0.4, 0.5) is 10.1 Å². The Morgan fingerprint density at radius 2 is 2.22 bits per heavy atom. The van der Waals surface area contributed by atoms with Gasteiger partial charge in [-0.25, -0.2) is 4.39 Å². The van der Waals surface area contributed by atoms with Gasteiger partial charge in [0.25, 0.3) is 10.0 Å². The second kappa shape index (κ2) is 4.58. The first-order valence-electron chi connectivity index (χ1n) is 4.64. The van der Waals surface area contributed by atoms with Gasteiger partial charge in [0.05, 0.1) is 11.4 Å². The molecule has 2 N–H and O–H groups in total. The third-order valence-corrected chi connectivity index (χ3v) is 4.29. The van der Waals surface area contributed by atoms with E-state index < -0.39 is 21.8 Å². The summed E-state index contributed by atoms with van der Waals surface area (Å²) in [7, 11) is -3.99. The predicted octanol–water partition coefficient (Wildman–Crippen LogP) is 1.11.